The molecule has 3 aliphatic rings. The lowest BCUT2D eigenvalue weighted by atomic mass is 10.1. The van der Waals surface area contributed by atoms with Crippen LogP contribution in [0.25, 0.3) is 6.08 Å². The van der Waals surface area contributed by atoms with E-state index in [0.29, 0.717) is 6.42 Å². The van der Waals surface area contributed by atoms with Gasteiger partial charge in [0.15, 0.2) is 0 Å². The Labute approximate surface area is 249 Å². The summed E-state index contributed by atoms with van der Waals surface area (Å²) in [6, 6.07) is 14.3. The Kier molecular flexibility index (Phi) is 8.37. The van der Waals surface area contributed by atoms with Crippen LogP contribution in [-0.4, -0.2) is 105 Å². The minimum Gasteiger partial charge on any atom is -0.496 e. The number of hydrazine groups is 1. The Hall–Kier alpha value is -3.23. The number of hydrogen-bond donors (Lipinski definition) is 1. The molecule has 3 aromatic rings. The van der Waals surface area contributed by atoms with Crippen molar-refractivity contribution in [3.8, 4) is 5.75 Å². The van der Waals surface area contributed by atoms with Gasteiger partial charge in [-0.15, -0.1) is 0 Å². The van der Waals surface area contributed by atoms with Crippen molar-refractivity contribution in [2.45, 2.75) is 12.8 Å². The Morgan fingerprint density at radius 3 is 2.36 bits per heavy atom. The fourth-order valence-electron chi connectivity index (χ4n) is 6.10. The van der Waals surface area contributed by atoms with Gasteiger partial charge in [-0.1, -0.05) is 30.4 Å². The van der Waals surface area contributed by atoms with Crippen LogP contribution in [0.3, 0.4) is 0 Å². The third-order valence-electron chi connectivity index (χ3n) is 8.52. The molecule has 0 spiro atoms. The van der Waals surface area contributed by atoms with Crippen LogP contribution in [0.5, 0.6) is 5.75 Å². The van der Waals surface area contributed by atoms with Gasteiger partial charge in [0.2, 0.25) is 0 Å². The average molecular weight is 588 g/mol. The van der Waals surface area contributed by atoms with Crippen LogP contribution < -0.4 is 20.3 Å². The van der Waals surface area contributed by atoms with Gasteiger partial charge >= 0.3 is 0 Å². The minimum absolute atomic E-state index is 0.560. The second-order valence-corrected chi connectivity index (χ2v) is 15.0. The summed E-state index contributed by atoms with van der Waals surface area (Å²) in [4.78, 5) is 14.7. The quantitative estimate of drug-likeness (QED) is 0.395. The van der Waals surface area contributed by atoms with E-state index in [0.717, 1.165) is 104 Å². The molecule has 0 unspecified atom stereocenters. The van der Waals surface area contributed by atoms with Crippen LogP contribution in [0.2, 0.25) is 0 Å². The first kappa shape index (κ1) is 28.9. The van der Waals surface area contributed by atoms with Crippen LogP contribution in [-0.2, 0) is 17.4 Å². The lowest BCUT2D eigenvalue weighted by Crippen LogP contribution is -2.58. The van der Waals surface area contributed by atoms with Gasteiger partial charge in [0.25, 0.3) is 0 Å². The molecule has 222 valence electrons. The molecule has 6 rings (SSSR count). The van der Waals surface area contributed by atoms with E-state index < -0.39 is 7.14 Å². The van der Waals surface area contributed by atoms with Gasteiger partial charge in [0.1, 0.15) is 24.5 Å². The SMILES string of the molecule is COc1cc(N2CCN(N3CCN(C)CC3)CC2)ccc1Cc1nc2c(c(Nc3ccccc3P(C)(C)=O)n1)C=CC2. The number of nitrogens with zero attached hydrogens (tertiary/aromatic N) is 6. The lowest BCUT2D eigenvalue weighted by molar-refractivity contribution is -0.0564. The van der Waals surface area contributed by atoms with E-state index in [9.17, 15) is 4.57 Å². The second kappa shape index (κ2) is 12.2. The molecular formula is C32H42N7O2P. The van der Waals surface area contributed by atoms with E-state index in [1.54, 1.807) is 20.4 Å². The van der Waals surface area contributed by atoms with E-state index in [4.69, 9.17) is 14.7 Å². The standard InChI is InChI=1S/C32H42N7O2P/c1-36-14-18-38(19-15-36)39-20-16-37(17-21-39)25-13-12-24(29(23-25)41-2)22-31-33-27-10-7-8-26(27)32(35-31)34-28-9-5-6-11-30(28)42(3,4)40/h5-9,11-13,23H,10,14-22H2,1-4H3,(H,33,34,35). The molecule has 0 saturated carbocycles. The topological polar surface area (TPSA) is 77.1 Å². The van der Waals surface area contributed by atoms with Crippen molar-refractivity contribution in [1.82, 2.24) is 24.9 Å². The van der Waals surface area contributed by atoms with Crippen molar-refractivity contribution < 1.29 is 9.30 Å². The number of para-hydroxylation sites is 1. The molecule has 2 fully saturated rings. The Bertz CT molecular complexity index is 1500. The molecule has 10 heteroatoms. The molecule has 1 aromatic heterocycles. The molecule has 3 heterocycles. The molecule has 0 atom stereocenters. The maximum absolute atomic E-state index is 13.0. The fourth-order valence-corrected chi connectivity index (χ4v) is 7.25. The van der Waals surface area contributed by atoms with E-state index in [1.807, 2.05) is 24.3 Å². The van der Waals surface area contributed by atoms with Gasteiger partial charge in [-0.2, -0.15) is 0 Å². The number of allylic oxidation sites excluding steroid dienone is 1. The zero-order chi connectivity index (χ0) is 29.3. The van der Waals surface area contributed by atoms with E-state index in [2.05, 4.69) is 62.5 Å². The minimum atomic E-state index is -2.47. The maximum atomic E-state index is 13.0. The number of rotatable bonds is 8. The van der Waals surface area contributed by atoms with Crippen molar-refractivity contribution in [2.24, 2.45) is 0 Å². The summed E-state index contributed by atoms with van der Waals surface area (Å²) >= 11 is 0. The first-order valence-corrected chi connectivity index (χ1v) is 17.5. The molecule has 2 aromatic carbocycles. The van der Waals surface area contributed by atoms with Gasteiger partial charge in [-0.05, 0) is 38.6 Å². The summed E-state index contributed by atoms with van der Waals surface area (Å²) in [6.07, 6.45) is 5.52. The molecule has 1 aliphatic carbocycles. The zero-order valence-electron chi connectivity index (χ0n) is 25.2. The first-order chi connectivity index (χ1) is 20.3. The number of aromatic nitrogens is 2. The summed E-state index contributed by atoms with van der Waals surface area (Å²) in [6.45, 7) is 12.2. The van der Waals surface area contributed by atoms with Gasteiger partial charge in [-0.25, -0.2) is 20.0 Å². The Morgan fingerprint density at radius 2 is 1.64 bits per heavy atom. The van der Waals surface area contributed by atoms with Gasteiger partial charge in [0, 0.05) is 93.4 Å². The molecule has 2 saturated heterocycles. The average Bonchev–Trinajstić information content (AvgIpc) is 3.47. The summed E-state index contributed by atoms with van der Waals surface area (Å²) in [5.74, 6) is 2.34. The number of anilines is 3. The van der Waals surface area contributed by atoms with Crippen LogP contribution in [0, 0.1) is 0 Å². The molecule has 42 heavy (non-hydrogen) atoms. The molecule has 0 radical (unpaired) electrons. The molecule has 0 bridgehead atoms. The molecular weight excluding hydrogens is 545 g/mol. The third kappa shape index (κ3) is 6.25. The van der Waals surface area contributed by atoms with E-state index in [-0.39, 0.29) is 0 Å². The number of ether oxygens (including phenoxy) is 1. The van der Waals surface area contributed by atoms with Crippen LogP contribution >= 0.6 is 7.14 Å². The molecule has 1 N–H and O–H groups in total. The number of likely N-dealkylation sites (N-methyl/N-ethyl adjacent to an activating group) is 1. The summed E-state index contributed by atoms with van der Waals surface area (Å²) in [5.41, 5.74) is 5.07. The van der Waals surface area contributed by atoms with Crippen LogP contribution in [0.15, 0.2) is 48.5 Å². The predicted octanol–water partition coefficient (Wildman–Crippen LogP) is 3.92. The summed E-state index contributed by atoms with van der Waals surface area (Å²) in [7, 11) is 1.47. The Morgan fingerprint density at radius 1 is 0.929 bits per heavy atom. The number of hydrogen-bond acceptors (Lipinski definition) is 9. The monoisotopic (exact) mass is 587 g/mol. The number of piperazine rings is 2. The summed E-state index contributed by atoms with van der Waals surface area (Å²) < 4.78 is 18.9. The van der Waals surface area contributed by atoms with Crippen LogP contribution in [0.1, 0.15) is 22.6 Å². The molecule has 2 aliphatic heterocycles. The highest BCUT2D eigenvalue weighted by Gasteiger charge is 2.25. The van der Waals surface area contributed by atoms with Crippen molar-refractivity contribution in [3.05, 3.63) is 71.2 Å². The highest BCUT2D eigenvalue weighted by atomic mass is 31.2. The number of benzene rings is 2. The lowest BCUT2D eigenvalue weighted by Gasteiger charge is -2.44. The summed E-state index contributed by atoms with van der Waals surface area (Å²) in [5, 5.41) is 9.37. The highest BCUT2D eigenvalue weighted by Crippen LogP contribution is 2.39. The first-order valence-electron chi connectivity index (χ1n) is 14.9. The largest absolute Gasteiger partial charge is 0.496 e. The van der Waals surface area contributed by atoms with Crippen molar-refractivity contribution in [2.75, 3.05) is 90.1 Å². The molecule has 9 nitrogen and oxygen atoms in total. The van der Waals surface area contributed by atoms with Crippen molar-refractivity contribution >= 4 is 35.7 Å². The number of fused-ring (bicyclic) bond motifs is 1. The van der Waals surface area contributed by atoms with Crippen LogP contribution in [0.4, 0.5) is 17.2 Å². The molecule has 0 amide bonds. The van der Waals surface area contributed by atoms with Crippen molar-refractivity contribution in [3.63, 3.8) is 0 Å². The highest BCUT2D eigenvalue weighted by molar-refractivity contribution is 7.70. The third-order valence-corrected chi connectivity index (χ3v) is 10.1. The van der Waals surface area contributed by atoms with E-state index >= 15 is 0 Å². The van der Waals surface area contributed by atoms with Gasteiger partial charge in [0.05, 0.1) is 18.5 Å². The zero-order valence-corrected chi connectivity index (χ0v) is 26.1. The second-order valence-electron chi connectivity index (χ2n) is 11.8. The van der Waals surface area contributed by atoms with E-state index in [1.165, 1.54) is 5.69 Å². The van der Waals surface area contributed by atoms with Gasteiger partial charge < -0.3 is 24.4 Å². The number of methoxy groups -OCH3 is 1. The van der Waals surface area contributed by atoms with Gasteiger partial charge in [-0.3, -0.25) is 0 Å². The normalized spacial score (nSPS) is 18.3. The number of nitrogens with one attached hydrogen (secondary N) is 1. The fraction of sp³-hybridized carbons (Fsp3) is 0.438. The van der Waals surface area contributed by atoms with Crippen molar-refractivity contribution in [1.29, 1.82) is 0 Å². The Balaban J connectivity index is 1.18. The smallest absolute Gasteiger partial charge is 0.141 e. The predicted molar refractivity (Wildman–Crippen MR) is 172 cm³/mol. The maximum Gasteiger partial charge on any atom is 0.141 e.